The van der Waals surface area contributed by atoms with E-state index in [1.165, 1.54) is 6.07 Å². The van der Waals surface area contributed by atoms with Gasteiger partial charge in [0, 0.05) is 5.69 Å². The largest absolute Gasteiger partial charge is 0.481 e. The molecule has 0 aromatic carbocycles. The minimum atomic E-state index is -2.67. The van der Waals surface area contributed by atoms with Crippen molar-refractivity contribution in [3.63, 3.8) is 0 Å². The van der Waals surface area contributed by atoms with E-state index in [1.807, 2.05) is 0 Å². The molecule has 15 heavy (non-hydrogen) atoms. The van der Waals surface area contributed by atoms with Crippen molar-refractivity contribution in [1.82, 2.24) is 4.98 Å². The summed E-state index contributed by atoms with van der Waals surface area (Å²) in [5.74, 6) is -1.07. The fraction of sp³-hybridized carbons (Fsp3) is 0.333. The SMILES string of the molecule is Cc1nc(Br)c(C(F)F)cc1CC(=O)O. The predicted molar refractivity (Wildman–Crippen MR) is 53.0 cm³/mol. The van der Waals surface area contributed by atoms with Gasteiger partial charge in [0.1, 0.15) is 4.60 Å². The van der Waals surface area contributed by atoms with Crippen molar-refractivity contribution in [2.75, 3.05) is 0 Å². The van der Waals surface area contributed by atoms with Crippen molar-refractivity contribution in [3.05, 3.63) is 27.5 Å². The van der Waals surface area contributed by atoms with Gasteiger partial charge in [-0.1, -0.05) is 0 Å². The number of carbonyl (C=O) groups is 1. The van der Waals surface area contributed by atoms with E-state index in [4.69, 9.17) is 5.11 Å². The van der Waals surface area contributed by atoms with Crippen LogP contribution in [0.5, 0.6) is 0 Å². The number of carboxylic acids is 1. The molecule has 0 amide bonds. The van der Waals surface area contributed by atoms with Crippen molar-refractivity contribution in [2.24, 2.45) is 0 Å². The Balaban J connectivity index is 3.17. The Morgan fingerprint density at radius 1 is 1.67 bits per heavy atom. The molecule has 1 heterocycles. The van der Waals surface area contributed by atoms with Gasteiger partial charge in [0.25, 0.3) is 6.43 Å². The maximum absolute atomic E-state index is 12.5. The van der Waals surface area contributed by atoms with Crippen LogP contribution in [0, 0.1) is 6.92 Å². The summed E-state index contributed by atoms with van der Waals surface area (Å²) in [6, 6.07) is 1.17. The van der Waals surface area contributed by atoms with E-state index in [2.05, 4.69) is 20.9 Å². The van der Waals surface area contributed by atoms with E-state index in [0.29, 0.717) is 11.3 Å². The van der Waals surface area contributed by atoms with Crippen molar-refractivity contribution in [2.45, 2.75) is 19.8 Å². The van der Waals surface area contributed by atoms with Crippen molar-refractivity contribution in [1.29, 1.82) is 0 Å². The molecule has 0 aliphatic carbocycles. The van der Waals surface area contributed by atoms with Crippen LogP contribution in [-0.4, -0.2) is 16.1 Å². The Morgan fingerprint density at radius 3 is 2.73 bits per heavy atom. The van der Waals surface area contributed by atoms with Gasteiger partial charge in [-0.15, -0.1) is 0 Å². The summed E-state index contributed by atoms with van der Waals surface area (Å²) in [7, 11) is 0. The molecule has 0 fully saturated rings. The zero-order valence-electron chi connectivity index (χ0n) is 7.80. The molecule has 0 spiro atoms. The fourth-order valence-electron chi connectivity index (χ4n) is 1.13. The summed E-state index contributed by atoms with van der Waals surface area (Å²) in [6.45, 7) is 1.58. The number of halogens is 3. The summed E-state index contributed by atoms with van der Waals surface area (Å²) in [5.41, 5.74) is 0.464. The van der Waals surface area contributed by atoms with E-state index in [0.717, 1.165) is 0 Å². The van der Waals surface area contributed by atoms with E-state index in [1.54, 1.807) is 6.92 Å². The highest BCUT2D eigenvalue weighted by Gasteiger charge is 2.16. The van der Waals surface area contributed by atoms with Crippen LogP contribution in [0.25, 0.3) is 0 Å². The average Bonchev–Trinajstić information content (AvgIpc) is 2.08. The molecule has 0 unspecified atom stereocenters. The van der Waals surface area contributed by atoms with Crippen LogP contribution in [0.1, 0.15) is 23.2 Å². The normalized spacial score (nSPS) is 10.7. The highest BCUT2D eigenvalue weighted by Crippen LogP contribution is 2.27. The molecule has 6 heteroatoms. The van der Waals surface area contributed by atoms with Crippen LogP contribution in [-0.2, 0) is 11.2 Å². The number of hydrogen-bond acceptors (Lipinski definition) is 2. The first-order valence-corrected chi connectivity index (χ1v) is 4.87. The predicted octanol–water partition coefficient (Wildman–Crippen LogP) is 2.72. The third-order valence-corrected chi connectivity index (χ3v) is 2.51. The summed E-state index contributed by atoms with van der Waals surface area (Å²) in [5, 5.41) is 8.56. The molecule has 0 aliphatic rings. The zero-order chi connectivity index (χ0) is 11.6. The number of hydrogen-bond donors (Lipinski definition) is 1. The summed E-state index contributed by atoms with van der Waals surface area (Å²) in [4.78, 5) is 14.3. The third-order valence-electron chi connectivity index (χ3n) is 1.88. The van der Waals surface area contributed by atoms with Crippen LogP contribution >= 0.6 is 15.9 Å². The Morgan fingerprint density at radius 2 is 2.27 bits per heavy atom. The fourth-order valence-corrected chi connectivity index (χ4v) is 1.68. The van der Waals surface area contributed by atoms with Crippen LogP contribution in [0.3, 0.4) is 0 Å². The summed E-state index contributed by atoms with van der Waals surface area (Å²) in [6.07, 6.45) is -2.97. The quantitative estimate of drug-likeness (QED) is 0.866. The molecule has 1 aromatic heterocycles. The van der Waals surface area contributed by atoms with E-state index < -0.39 is 12.4 Å². The first-order chi connectivity index (χ1) is 6.91. The molecule has 0 radical (unpaired) electrons. The highest BCUT2D eigenvalue weighted by atomic mass is 79.9. The van der Waals surface area contributed by atoms with Crippen LogP contribution < -0.4 is 0 Å². The monoisotopic (exact) mass is 279 g/mol. The second-order valence-corrected chi connectivity index (χ2v) is 3.74. The number of aromatic nitrogens is 1. The topological polar surface area (TPSA) is 50.2 Å². The van der Waals surface area contributed by atoms with Gasteiger partial charge in [0.15, 0.2) is 0 Å². The smallest absolute Gasteiger partial charge is 0.307 e. The number of nitrogens with zero attached hydrogens (tertiary/aromatic N) is 1. The minimum absolute atomic E-state index is 0.0594. The van der Waals surface area contributed by atoms with Gasteiger partial charge < -0.3 is 5.11 Å². The highest BCUT2D eigenvalue weighted by molar-refractivity contribution is 9.10. The maximum atomic E-state index is 12.5. The molecular weight excluding hydrogens is 272 g/mol. The second kappa shape index (κ2) is 4.65. The number of alkyl halides is 2. The van der Waals surface area contributed by atoms with Gasteiger partial charge >= 0.3 is 5.97 Å². The summed E-state index contributed by atoms with van der Waals surface area (Å²) >= 11 is 2.91. The molecule has 82 valence electrons. The van der Waals surface area contributed by atoms with Crippen molar-refractivity contribution in [3.8, 4) is 0 Å². The Kier molecular flexibility index (Phi) is 3.73. The molecule has 0 bridgehead atoms. The minimum Gasteiger partial charge on any atom is -0.481 e. The van der Waals surface area contributed by atoms with Crippen molar-refractivity contribution >= 4 is 21.9 Å². The van der Waals surface area contributed by atoms with Crippen molar-refractivity contribution < 1.29 is 18.7 Å². The lowest BCUT2D eigenvalue weighted by Gasteiger charge is -2.08. The lowest BCUT2D eigenvalue weighted by atomic mass is 10.1. The van der Waals surface area contributed by atoms with Gasteiger partial charge in [-0.25, -0.2) is 13.8 Å². The number of aliphatic carboxylic acids is 1. The lowest BCUT2D eigenvalue weighted by Crippen LogP contribution is -2.05. The first-order valence-electron chi connectivity index (χ1n) is 4.07. The maximum Gasteiger partial charge on any atom is 0.307 e. The number of aryl methyl sites for hydroxylation is 1. The number of rotatable bonds is 3. The molecule has 1 aromatic rings. The standard InChI is InChI=1S/C9H8BrF2NO2/c1-4-5(3-7(14)15)2-6(9(11)12)8(10)13-4/h2,9H,3H2,1H3,(H,14,15). The molecule has 0 saturated heterocycles. The van der Waals surface area contributed by atoms with Gasteiger partial charge in [0.2, 0.25) is 0 Å². The second-order valence-electron chi connectivity index (χ2n) is 2.98. The molecular formula is C9H8BrF2NO2. The molecule has 0 atom stereocenters. The molecule has 1 rings (SSSR count). The van der Waals surface area contributed by atoms with Crippen LogP contribution in [0.15, 0.2) is 10.7 Å². The zero-order valence-corrected chi connectivity index (χ0v) is 9.38. The van der Waals surface area contributed by atoms with E-state index in [-0.39, 0.29) is 16.6 Å². The summed E-state index contributed by atoms with van der Waals surface area (Å²) < 4.78 is 25.0. The third kappa shape index (κ3) is 2.95. The Labute approximate surface area is 93.3 Å². The molecule has 0 saturated carbocycles. The van der Waals surface area contributed by atoms with E-state index >= 15 is 0 Å². The first kappa shape index (κ1) is 12.0. The van der Waals surface area contributed by atoms with Gasteiger partial charge in [-0.3, -0.25) is 4.79 Å². The number of pyridine rings is 1. The Hall–Kier alpha value is -1.04. The molecule has 1 N–H and O–H groups in total. The lowest BCUT2D eigenvalue weighted by molar-refractivity contribution is -0.136. The van der Waals surface area contributed by atoms with Gasteiger partial charge in [-0.05, 0) is 34.5 Å². The Bertz CT molecular complexity index is 396. The van der Waals surface area contributed by atoms with Crippen LogP contribution in [0.4, 0.5) is 8.78 Å². The molecule has 3 nitrogen and oxygen atoms in total. The van der Waals surface area contributed by atoms with Gasteiger partial charge in [0.05, 0.1) is 12.0 Å². The van der Waals surface area contributed by atoms with Gasteiger partial charge in [-0.2, -0.15) is 0 Å². The number of carboxylic acid groups (broad SMARTS) is 1. The van der Waals surface area contributed by atoms with Crippen LogP contribution in [0.2, 0.25) is 0 Å². The average molecular weight is 280 g/mol. The molecule has 0 aliphatic heterocycles. The van der Waals surface area contributed by atoms with E-state index in [9.17, 15) is 13.6 Å².